The number of hydrogen-bond donors (Lipinski definition) is 2. The van der Waals surface area contributed by atoms with Crippen LogP contribution in [0.3, 0.4) is 0 Å². The molecule has 1 amide bonds. The molecule has 5 heteroatoms. The number of amides is 1. The average molecular weight is 261 g/mol. The Morgan fingerprint density at radius 3 is 2.62 bits per heavy atom. The number of carbonyl (C=O) groups excluding carboxylic acids is 1. The van der Waals surface area contributed by atoms with E-state index in [1.165, 1.54) is 0 Å². The van der Waals surface area contributed by atoms with Crippen LogP contribution in [0.2, 0.25) is 10.0 Å². The third kappa shape index (κ3) is 4.39. The number of rotatable bonds is 4. The Morgan fingerprint density at radius 1 is 1.38 bits per heavy atom. The molecule has 0 saturated carbocycles. The van der Waals surface area contributed by atoms with E-state index in [0.717, 1.165) is 0 Å². The first-order valence-electron chi connectivity index (χ1n) is 4.97. The fourth-order valence-electron chi connectivity index (χ4n) is 1.08. The van der Waals surface area contributed by atoms with Crippen molar-refractivity contribution in [3.63, 3.8) is 0 Å². The lowest BCUT2D eigenvalue weighted by Gasteiger charge is -2.10. The van der Waals surface area contributed by atoms with Crippen LogP contribution in [0, 0.1) is 0 Å². The Bertz CT molecular complexity index is 380. The van der Waals surface area contributed by atoms with Crippen LogP contribution in [-0.2, 0) is 4.79 Å². The van der Waals surface area contributed by atoms with Crippen LogP contribution in [0.25, 0.3) is 0 Å². The second kappa shape index (κ2) is 6.09. The zero-order valence-electron chi connectivity index (χ0n) is 9.18. The monoisotopic (exact) mass is 260 g/mol. The number of benzene rings is 1. The first-order chi connectivity index (χ1) is 7.49. The summed E-state index contributed by atoms with van der Waals surface area (Å²) in [6, 6.07) is 5.22. The van der Waals surface area contributed by atoms with Gasteiger partial charge in [0.25, 0.3) is 0 Å². The van der Waals surface area contributed by atoms with Crippen LogP contribution < -0.4 is 10.6 Å². The first kappa shape index (κ1) is 13.3. The molecule has 16 heavy (non-hydrogen) atoms. The van der Waals surface area contributed by atoms with Gasteiger partial charge in [-0.05, 0) is 18.2 Å². The highest BCUT2D eigenvalue weighted by atomic mass is 35.5. The van der Waals surface area contributed by atoms with Gasteiger partial charge in [0.2, 0.25) is 5.91 Å². The van der Waals surface area contributed by atoms with Crippen LogP contribution in [0.1, 0.15) is 13.8 Å². The summed E-state index contributed by atoms with van der Waals surface area (Å²) in [5.74, 6) is -0.127. The van der Waals surface area contributed by atoms with Gasteiger partial charge in [-0.2, -0.15) is 0 Å². The van der Waals surface area contributed by atoms with Gasteiger partial charge in [-0.15, -0.1) is 0 Å². The Balaban J connectivity index is 2.56. The van der Waals surface area contributed by atoms with Gasteiger partial charge in [-0.1, -0.05) is 37.0 Å². The quantitative estimate of drug-likeness (QED) is 0.874. The maximum atomic E-state index is 11.5. The number of anilines is 1. The summed E-state index contributed by atoms with van der Waals surface area (Å²) in [4.78, 5) is 11.5. The highest BCUT2D eigenvalue weighted by molar-refractivity contribution is 6.36. The Hall–Kier alpha value is -0.770. The van der Waals surface area contributed by atoms with Crippen molar-refractivity contribution in [2.24, 2.45) is 0 Å². The molecule has 0 radical (unpaired) electrons. The molecule has 0 fully saturated rings. The second-order valence-corrected chi connectivity index (χ2v) is 4.55. The van der Waals surface area contributed by atoms with E-state index in [1.54, 1.807) is 18.2 Å². The molecule has 0 aromatic heterocycles. The molecular formula is C11H14Cl2N2O. The van der Waals surface area contributed by atoms with E-state index in [0.29, 0.717) is 15.7 Å². The normalized spacial score (nSPS) is 10.6. The molecule has 0 aliphatic heterocycles. The molecule has 0 spiro atoms. The van der Waals surface area contributed by atoms with Crippen molar-refractivity contribution in [3.8, 4) is 0 Å². The molecule has 0 bridgehead atoms. The molecule has 0 aliphatic carbocycles. The fourth-order valence-corrected chi connectivity index (χ4v) is 1.54. The zero-order valence-corrected chi connectivity index (χ0v) is 10.7. The lowest BCUT2D eigenvalue weighted by Crippen LogP contribution is -2.32. The molecule has 0 saturated heterocycles. The summed E-state index contributed by atoms with van der Waals surface area (Å²) >= 11 is 11.7. The summed E-state index contributed by atoms with van der Waals surface area (Å²) in [5, 5.41) is 6.70. The summed E-state index contributed by atoms with van der Waals surface area (Å²) in [5.41, 5.74) is 0.571. The molecule has 0 atom stereocenters. The third-order valence-corrected chi connectivity index (χ3v) is 2.42. The molecule has 88 valence electrons. The van der Waals surface area contributed by atoms with E-state index in [-0.39, 0.29) is 18.5 Å². The minimum absolute atomic E-state index is 0.127. The van der Waals surface area contributed by atoms with Gasteiger partial charge < -0.3 is 10.6 Å². The van der Waals surface area contributed by atoms with Crippen LogP contribution in [0.15, 0.2) is 18.2 Å². The number of carbonyl (C=O) groups is 1. The van der Waals surface area contributed by atoms with Crippen molar-refractivity contribution in [2.45, 2.75) is 19.9 Å². The van der Waals surface area contributed by atoms with Gasteiger partial charge in [0, 0.05) is 11.1 Å². The van der Waals surface area contributed by atoms with Crippen molar-refractivity contribution in [2.75, 3.05) is 11.9 Å². The molecule has 2 N–H and O–H groups in total. The van der Waals surface area contributed by atoms with Crippen molar-refractivity contribution in [3.05, 3.63) is 28.2 Å². The smallest absolute Gasteiger partial charge is 0.238 e. The van der Waals surface area contributed by atoms with E-state index < -0.39 is 0 Å². The maximum Gasteiger partial charge on any atom is 0.238 e. The van der Waals surface area contributed by atoms with Crippen molar-refractivity contribution in [1.82, 2.24) is 5.32 Å². The van der Waals surface area contributed by atoms with E-state index in [4.69, 9.17) is 23.2 Å². The van der Waals surface area contributed by atoms with Gasteiger partial charge in [-0.25, -0.2) is 0 Å². The highest BCUT2D eigenvalue weighted by Crippen LogP contribution is 2.25. The van der Waals surface area contributed by atoms with Crippen LogP contribution in [0.5, 0.6) is 0 Å². The van der Waals surface area contributed by atoms with Gasteiger partial charge in [-0.3, -0.25) is 4.79 Å². The van der Waals surface area contributed by atoms with Gasteiger partial charge in [0.15, 0.2) is 0 Å². The Labute approximate surface area is 105 Å². The van der Waals surface area contributed by atoms with E-state index in [1.807, 2.05) is 13.8 Å². The summed E-state index contributed by atoms with van der Waals surface area (Å²) in [7, 11) is 0. The van der Waals surface area contributed by atoms with Crippen LogP contribution in [-0.4, -0.2) is 18.5 Å². The first-order valence-corrected chi connectivity index (χ1v) is 5.73. The molecular weight excluding hydrogens is 247 g/mol. The minimum atomic E-state index is -0.127. The lowest BCUT2D eigenvalue weighted by molar-refractivity contribution is -0.115. The average Bonchev–Trinajstić information content (AvgIpc) is 2.19. The molecule has 0 unspecified atom stereocenters. The molecule has 0 aliphatic rings. The van der Waals surface area contributed by atoms with E-state index in [9.17, 15) is 4.79 Å². The lowest BCUT2D eigenvalue weighted by atomic mass is 10.3. The molecule has 1 rings (SSSR count). The summed E-state index contributed by atoms with van der Waals surface area (Å²) in [6.07, 6.45) is 0. The standard InChI is InChI=1S/C11H14Cl2N2O/c1-7(2)14-6-11(16)15-10-4-3-8(12)5-9(10)13/h3-5,7,14H,6H2,1-2H3,(H,15,16). The Morgan fingerprint density at radius 2 is 2.06 bits per heavy atom. The van der Waals surface area contributed by atoms with Crippen LogP contribution in [0.4, 0.5) is 5.69 Å². The largest absolute Gasteiger partial charge is 0.324 e. The van der Waals surface area contributed by atoms with Gasteiger partial charge >= 0.3 is 0 Å². The maximum absolute atomic E-state index is 11.5. The molecule has 1 aromatic rings. The molecule has 3 nitrogen and oxygen atoms in total. The van der Waals surface area contributed by atoms with Gasteiger partial charge in [0.1, 0.15) is 0 Å². The zero-order chi connectivity index (χ0) is 12.1. The van der Waals surface area contributed by atoms with Crippen molar-refractivity contribution in [1.29, 1.82) is 0 Å². The minimum Gasteiger partial charge on any atom is -0.324 e. The van der Waals surface area contributed by atoms with Gasteiger partial charge in [0.05, 0.1) is 17.3 Å². The second-order valence-electron chi connectivity index (χ2n) is 3.71. The SMILES string of the molecule is CC(C)NCC(=O)Nc1ccc(Cl)cc1Cl. The van der Waals surface area contributed by atoms with E-state index in [2.05, 4.69) is 10.6 Å². The predicted octanol–water partition coefficient (Wildman–Crippen LogP) is 2.93. The van der Waals surface area contributed by atoms with Crippen molar-refractivity contribution >= 4 is 34.8 Å². The Kier molecular flexibility index (Phi) is 5.06. The van der Waals surface area contributed by atoms with Crippen molar-refractivity contribution < 1.29 is 4.79 Å². The van der Waals surface area contributed by atoms with E-state index >= 15 is 0 Å². The number of halogens is 2. The fraction of sp³-hybridized carbons (Fsp3) is 0.364. The summed E-state index contributed by atoms with van der Waals surface area (Å²) < 4.78 is 0. The molecule has 0 heterocycles. The topological polar surface area (TPSA) is 41.1 Å². The number of nitrogens with one attached hydrogen (secondary N) is 2. The highest BCUT2D eigenvalue weighted by Gasteiger charge is 2.06. The predicted molar refractivity (Wildman–Crippen MR) is 68.2 cm³/mol. The molecule has 1 aromatic carbocycles. The number of hydrogen-bond acceptors (Lipinski definition) is 2. The summed E-state index contributed by atoms with van der Waals surface area (Å²) in [6.45, 7) is 4.21. The van der Waals surface area contributed by atoms with Crippen LogP contribution >= 0.6 is 23.2 Å². The third-order valence-electron chi connectivity index (χ3n) is 1.88.